The van der Waals surface area contributed by atoms with E-state index in [1.807, 2.05) is 0 Å². The van der Waals surface area contributed by atoms with Gasteiger partial charge in [-0.05, 0) is 33.8 Å². The van der Waals surface area contributed by atoms with Crippen molar-refractivity contribution in [3.8, 4) is 0 Å². The van der Waals surface area contributed by atoms with Crippen LogP contribution in [0.25, 0.3) is 0 Å². The summed E-state index contributed by atoms with van der Waals surface area (Å²) in [5.41, 5.74) is 5.70. The van der Waals surface area contributed by atoms with Crippen molar-refractivity contribution in [3.05, 3.63) is 15.9 Å². The second-order valence-electron chi connectivity index (χ2n) is 3.47. The second-order valence-corrected chi connectivity index (χ2v) is 7.37. The molecule has 1 aliphatic rings. The van der Waals surface area contributed by atoms with Crippen LogP contribution in [-0.4, -0.2) is 31.9 Å². The molecule has 2 heterocycles. The molecular formula is C8H11BrN2O2S2. The van der Waals surface area contributed by atoms with Crippen LogP contribution in [0.2, 0.25) is 0 Å². The standard InChI is InChI=1S/C8H11BrN2O2S2/c9-7-2-4-14-8(7)15(12,13)11-3-1-6(10)5-11/h2,4,6H,1,3,5,10H2. The summed E-state index contributed by atoms with van der Waals surface area (Å²) in [6, 6.07) is 1.71. The van der Waals surface area contributed by atoms with E-state index in [-0.39, 0.29) is 6.04 Å². The summed E-state index contributed by atoms with van der Waals surface area (Å²) in [4.78, 5) is 0. The molecule has 1 saturated heterocycles. The minimum Gasteiger partial charge on any atom is -0.326 e. The van der Waals surface area contributed by atoms with Crippen LogP contribution in [-0.2, 0) is 10.0 Å². The van der Waals surface area contributed by atoms with Gasteiger partial charge in [-0.2, -0.15) is 4.31 Å². The average Bonchev–Trinajstić information content (AvgIpc) is 2.74. The molecule has 0 amide bonds. The van der Waals surface area contributed by atoms with E-state index in [1.54, 1.807) is 11.4 Å². The van der Waals surface area contributed by atoms with E-state index in [0.717, 1.165) is 6.42 Å². The highest BCUT2D eigenvalue weighted by Gasteiger charge is 2.32. The smallest absolute Gasteiger partial charge is 0.253 e. The van der Waals surface area contributed by atoms with E-state index in [4.69, 9.17) is 5.73 Å². The molecule has 1 atom stereocenters. The molecule has 1 unspecified atom stereocenters. The van der Waals surface area contributed by atoms with Crippen LogP contribution >= 0.6 is 27.3 Å². The van der Waals surface area contributed by atoms with Crippen molar-refractivity contribution < 1.29 is 8.42 Å². The van der Waals surface area contributed by atoms with Gasteiger partial charge >= 0.3 is 0 Å². The number of thiophene rings is 1. The molecule has 0 bridgehead atoms. The Morgan fingerprint density at radius 3 is 2.80 bits per heavy atom. The topological polar surface area (TPSA) is 63.4 Å². The van der Waals surface area contributed by atoms with Gasteiger partial charge < -0.3 is 5.73 Å². The van der Waals surface area contributed by atoms with Gasteiger partial charge in [-0.15, -0.1) is 11.3 Å². The van der Waals surface area contributed by atoms with E-state index >= 15 is 0 Å². The zero-order valence-corrected chi connectivity index (χ0v) is 11.1. The summed E-state index contributed by atoms with van der Waals surface area (Å²) in [6.45, 7) is 0.945. The number of halogens is 1. The van der Waals surface area contributed by atoms with Crippen molar-refractivity contribution in [2.24, 2.45) is 5.73 Å². The van der Waals surface area contributed by atoms with Gasteiger partial charge in [-0.25, -0.2) is 8.42 Å². The Labute approximate surface area is 101 Å². The number of nitrogens with zero attached hydrogens (tertiary/aromatic N) is 1. The molecule has 2 rings (SSSR count). The maximum atomic E-state index is 12.1. The molecule has 84 valence electrons. The van der Waals surface area contributed by atoms with Gasteiger partial charge in [0.1, 0.15) is 4.21 Å². The van der Waals surface area contributed by atoms with Gasteiger partial charge in [-0.1, -0.05) is 0 Å². The van der Waals surface area contributed by atoms with E-state index in [1.165, 1.54) is 15.6 Å². The maximum absolute atomic E-state index is 12.1. The summed E-state index contributed by atoms with van der Waals surface area (Å²) >= 11 is 4.46. The van der Waals surface area contributed by atoms with Gasteiger partial charge in [-0.3, -0.25) is 0 Å². The zero-order chi connectivity index (χ0) is 11.1. The Morgan fingerprint density at radius 1 is 1.60 bits per heavy atom. The third-order valence-corrected chi connectivity index (χ3v) is 6.86. The maximum Gasteiger partial charge on any atom is 0.253 e. The van der Waals surface area contributed by atoms with Crippen molar-refractivity contribution in [2.75, 3.05) is 13.1 Å². The van der Waals surface area contributed by atoms with Crippen LogP contribution in [0, 0.1) is 0 Å². The fraction of sp³-hybridized carbons (Fsp3) is 0.500. The molecule has 0 radical (unpaired) electrons. The van der Waals surface area contributed by atoms with Gasteiger partial charge in [0.05, 0.1) is 0 Å². The molecule has 1 aliphatic heterocycles. The molecule has 0 saturated carbocycles. The molecule has 4 nitrogen and oxygen atoms in total. The summed E-state index contributed by atoms with van der Waals surface area (Å²) in [5, 5.41) is 1.76. The van der Waals surface area contributed by atoms with Crippen molar-refractivity contribution in [2.45, 2.75) is 16.7 Å². The predicted molar refractivity (Wildman–Crippen MR) is 63.4 cm³/mol. The normalized spacial score (nSPS) is 23.5. The minimum atomic E-state index is -3.33. The Morgan fingerprint density at radius 2 is 2.33 bits per heavy atom. The fourth-order valence-corrected chi connectivity index (χ4v) is 5.51. The molecular weight excluding hydrogens is 300 g/mol. The third-order valence-electron chi connectivity index (χ3n) is 2.35. The molecule has 0 spiro atoms. The van der Waals surface area contributed by atoms with Crippen LogP contribution < -0.4 is 5.73 Å². The molecule has 1 fully saturated rings. The van der Waals surface area contributed by atoms with Crippen LogP contribution in [0.15, 0.2) is 20.1 Å². The number of sulfonamides is 1. The summed E-state index contributed by atoms with van der Waals surface area (Å²) < 4.78 is 26.7. The first-order valence-electron chi connectivity index (χ1n) is 4.50. The van der Waals surface area contributed by atoms with Crippen molar-refractivity contribution >= 4 is 37.3 Å². The Balaban J connectivity index is 2.32. The van der Waals surface area contributed by atoms with Crippen LogP contribution in [0.3, 0.4) is 0 Å². The first kappa shape index (κ1) is 11.5. The lowest BCUT2D eigenvalue weighted by Crippen LogP contribution is -2.31. The van der Waals surface area contributed by atoms with Crippen LogP contribution in [0.1, 0.15) is 6.42 Å². The Hall–Kier alpha value is 0.0500. The molecule has 0 aliphatic carbocycles. The first-order chi connectivity index (χ1) is 7.01. The molecule has 2 N–H and O–H groups in total. The lowest BCUT2D eigenvalue weighted by Gasteiger charge is -2.14. The molecule has 1 aromatic heterocycles. The molecule has 0 aromatic carbocycles. The van der Waals surface area contributed by atoms with Gasteiger partial charge in [0.15, 0.2) is 0 Å². The van der Waals surface area contributed by atoms with Crippen molar-refractivity contribution in [1.29, 1.82) is 0 Å². The quantitative estimate of drug-likeness (QED) is 0.893. The largest absolute Gasteiger partial charge is 0.326 e. The molecule has 15 heavy (non-hydrogen) atoms. The Bertz CT molecular complexity index is 457. The number of rotatable bonds is 2. The van der Waals surface area contributed by atoms with Crippen molar-refractivity contribution in [3.63, 3.8) is 0 Å². The SMILES string of the molecule is NC1CCN(S(=O)(=O)c2sccc2Br)C1. The second kappa shape index (κ2) is 4.14. The van der Waals surface area contributed by atoms with Gasteiger partial charge in [0, 0.05) is 23.6 Å². The highest BCUT2D eigenvalue weighted by Crippen LogP contribution is 2.31. The first-order valence-corrected chi connectivity index (χ1v) is 7.62. The van der Waals surface area contributed by atoms with Crippen LogP contribution in [0.4, 0.5) is 0 Å². The monoisotopic (exact) mass is 310 g/mol. The third kappa shape index (κ3) is 2.12. The number of hydrogen-bond donors (Lipinski definition) is 1. The number of nitrogens with two attached hydrogens (primary N) is 1. The van der Waals surface area contributed by atoms with Gasteiger partial charge in [0.25, 0.3) is 10.0 Å². The lowest BCUT2D eigenvalue weighted by atomic mass is 10.3. The van der Waals surface area contributed by atoms with E-state index < -0.39 is 10.0 Å². The summed E-state index contributed by atoms with van der Waals surface area (Å²) in [5.74, 6) is 0. The van der Waals surface area contributed by atoms with E-state index in [0.29, 0.717) is 21.8 Å². The lowest BCUT2D eigenvalue weighted by molar-refractivity contribution is 0.474. The molecule has 7 heteroatoms. The fourth-order valence-electron chi connectivity index (χ4n) is 1.55. The molecule has 1 aromatic rings. The minimum absolute atomic E-state index is 0.0292. The number of hydrogen-bond acceptors (Lipinski definition) is 4. The van der Waals surface area contributed by atoms with E-state index in [2.05, 4.69) is 15.9 Å². The van der Waals surface area contributed by atoms with Gasteiger partial charge in [0.2, 0.25) is 0 Å². The highest BCUT2D eigenvalue weighted by atomic mass is 79.9. The summed E-state index contributed by atoms with van der Waals surface area (Å²) in [7, 11) is -3.33. The highest BCUT2D eigenvalue weighted by molar-refractivity contribution is 9.10. The van der Waals surface area contributed by atoms with Crippen LogP contribution in [0.5, 0.6) is 0 Å². The average molecular weight is 311 g/mol. The van der Waals surface area contributed by atoms with E-state index in [9.17, 15) is 8.42 Å². The van der Waals surface area contributed by atoms with Crippen molar-refractivity contribution in [1.82, 2.24) is 4.31 Å². The predicted octanol–water partition coefficient (Wildman–Crippen LogP) is 1.23. The Kier molecular flexibility index (Phi) is 3.18. The zero-order valence-electron chi connectivity index (χ0n) is 7.89. The summed E-state index contributed by atoms with van der Waals surface area (Å²) in [6.07, 6.45) is 0.738.